The lowest BCUT2D eigenvalue weighted by Gasteiger charge is -2.19. The van der Waals surface area contributed by atoms with Gasteiger partial charge in [0.05, 0.1) is 11.2 Å². The highest BCUT2D eigenvalue weighted by molar-refractivity contribution is 5.93. The molecular weight excluding hydrogens is 296 g/mol. The first-order valence-corrected chi connectivity index (χ1v) is 8.58. The monoisotopic (exact) mass is 320 g/mol. The van der Waals surface area contributed by atoms with Crippen molar-refractivity contribution in [2.45, 2.75) is 13.8 Å². The highest BCUT2D eigenvalue weighted by Crippen LogP contribution is 2.27. The van der Waals surface area contributed by atoms with Crippen molar-refractivity contribution in [1.29, 1.82) is 0 Å². The fourth-order valence-electron chi connectivity index (χ4n) is 2.87. The van der Waals surface area contributed by atoms with Gasteiger partial charge in [-0.15, -0.1) is 0 Å². The Kier molecular flexibility index (Phi) is 5.39. The molecule has 0 amide bonds. The van der Waals surface area contributed by atoms with Crippen LogP contribution in [0.2, 0.25) is 0 Å². The molecule has 0 radical (unpaired) electrons. The van der Waals surface area contributed by atoms with Crippen LogP contribution in [0.4, 0.5) is 5.69 Å². The van der Waals surface area contributed by atoms with Crippen LogP contribution in [0.1, 0.15) is 13.8 Å². The molecule has 0 saturated carbocycles. The van der Waals surface area contributed by atoms with Crippen molar-refractivity contribution in [2.24, 2.45) is 0 Å². The van der Waals surface area contributed by atoms with Crippen LogP contribution in [-0.4, -0.2) is 41.0 Å². The summed E-state index contributed by atoms with van der Waals surface area (Å²) in [5, 5.41) is 4.75. The van der Waals surface area contributed by atoms with Crippen LogP contribution >= 0.6 is 0 Å². The number of nitrogens with one attached hydrogen (secondary N) is 1. The molecule has 4 heteroatoms. The summed E-state index contributed by atoms with van der Waals surface area (Å²) in [4.78, 5) is 11.4. The van der Waals surface area contributed by atoms with Gasteiger partial charge < -0.3 is 10.2 Å². The second-order valence-electron chi connectivity index (χ2n) is 5.77. The van der Waals surface area contributed by atoms with Crippen molar-refractivity contribution in [1.82, 2.24) is 14.9 Å². The SMILES string of the molecule is CCN(CC)CCNc1cc(-c2cccnc2)nc2ccccc12. The first-order valence-electron chi connectivity index (χ1n) is 8.58. The molecule has 2 heterocycles. The fraction of sp³-hybridized carbons (Fsp3) is 0.300. The highest BCUT2D eigenvalue weighted by Gasteiger charge is 2.08. The van der Waals surface area contributed by atoms with Crippen LogP contribution in [-0.2, 0) is 0 Å². The molecule has 0 atom stereocenters. The summed E-state index contributed by atoms with van der Waals surface area (Å²) in [6.07, 6.45) is 3.64. The van der Waals surface area contributed by atoms with Gasteiger partial charge in [-0.05, 0) is 37.4 Å². The molecule has 24 heavy (non-hydrogen) atoms. The first-order chi connectivity index (χ1) is 11.8. The molecule has 0 saturated heterocycles. The summed E-state index contributed by atoms with van der Waals surface area (Å²) < 4.78 is 0. The second-order valence-corrected chi connectivity index (χ2v) is 5.77. The molecule has 0 aliphatic rings. The molecule has 0 spiro atoms. The van der Waals surface area contributed by atoms with Gasteiger partial charge in [0.25, 0.3) is 0 Å². The molecule has 124 valence electrons. The zero-order valence-corrected chi connectivity index (χ0v) is 14.4. The number of rotatable bonds is 7. The quantitative estimate of drug-likeness (QED) is 0.713. The van der Waals surface area contributed by atoms with E-state index in [-0.39, 0.29) is 0 Å². The van der Waals surface area contributed by atoms with E-state index in [4.69, 9.17) is 4.98 Å². The maximum atomic E-state index is 4.79. The molecule has 3 rings (SSSR count). The standard InChI is InChI=1S/C20H24N4/c1-3-24(4-2)13-12-22-20-14-19(16-8-7-11-21-15-16)23-18-10-6-5-9-17(18)20/h5-11,14-15H,3-4,12-13H2,1-2H3,(H,22,23). The Hall–Kier alpha value is -2.46. The molecule has 0 aliphatic heterocycles. The number of anilines is 1. The van der Waals surface area contributed by atoms with Gasteiger partial charge in [-0.1, -0.05) is 32.0 Å². The van der Waals surface area contributed by atoms with E-state index in [9.17, 15) is 0 Å². The molecule has 0 aliphatic carbocycles. The van der Waals surface area contributed by atoms with E-state index < -0.39 is 0 Å². The third kappa shape index (κ3) is 3.71. The smallest absolute Gasteiger partial charge is 0.0745 e. The number of nitrogens with zero attached hydrogens (tertiary/aromatic N) is 3. The Morgan fingerprint density at radius 2 is 1.88 bits per heavy atom. The number of benzene rings is 1. The molecule has 3 aromatic rings. The fourth-order valence-corrected chi connectivity index (χ4v) is 2.87. The Balaban J connectivity index is 1.90. The summed E-state index contributed by atoms with van der Waals surface area (Å²) >= 11 is 0. The minimum Gasteiger partial charge on any atom is -0.383 e. The molecule has 2 aromatic heterocycles. The van der Waals surface area contributed by atoms with Crippen molar-refractivity contribution < 1.29 is 0 Å². The third-order valence-corrected chi connectivity index (χ3v) is 4.31. The van der Waals surface area contributed by atoms with Gasteiger partial charge in [0, 0.05) is 42.1 Å². The molecule has 1 N–H and O–H groups in total. The average molecular weight is 320 g/mol. The van der Waals surface area contributed by atoms with Gasteiger partial charge in [0.1, 0.15) is 0 Å². The van der Waals surface area contributed by atoms with Crippen molar-refractivity contribution in [3.63, 3.8) is 0 Å². The largest absolute Gasteiger partial charge is 0.383 e. The highest BCUT2D eigenvalue weighted by atomic mass is 15.1. The first kappa shape index (κ1) is 16.4. The zero-order valence-electron chi connectivity index (χ0n) is 14.4. The van der Waals surface area contributed by atoms with Crippen LogP contribution in [0.25, 0.3) is 22.2 Å². The summed E-state index contributed by atoms with van der Waals surface area (Å²) in [7, 11) is 0. The van der Waals surface area contributed by atoms with E-state index in [1.807, 2.05) is 24.4 Å². The van der Waals surface area contributed by atoms with Crippen LogP contribution in [0.3, 0.4) is 0 Å². The maximum absolute atomic E-state index is 4.79. The van der Waals surface area contributed by atoms with E-state index in [1.54, 1.807) is 6.20 Å². The summed E-state index contributed by atoms with van der Waals surface area (Å²) in [6, 6.07) is 14.4. The lowest BCUT2D eigenvalue weighted by atomic mass is 10.1. The van der Waals surface area contributed by atoms with E-state index in [2.05, 4.69) is 53.3 Å². The number of likely N-dealkylation sites (N-methyl/N-ethyl adjacent to an activating group) is 1. The average Bonchev–Trinajstić information content (AvgIpc) is 2.65. The number of pyridine rings is 2. The third-order valence-electron chi connectivity index (χ3n) is 4.31. The van der Waals surface area contributed by atoms with Gasteiger partial charge in [-0.2, -0.15) is 0 Å². The van der Waals surface area contributed by atoms with E-state index in [0.717, 1.165) is 54.0 Å². The summed E-state index contributed by atoms with van der Waals surface area (Å²) in [6.45, 7) is 8.51. The van der Waals surface area contributed by atoms with Crippen molar-refractivity contribution in [3.8, 4) is 11.3 Å². The maximum Gasteiger partial charge on any atom is 0.0745 e. The molecule has 0 bridgehead atoms. The molecule has 0 unspecified atom stereocenters. The van der Waals surface area contributed by atoms with Crippen LogP contribution in [0, 0.1) is 0 Å². The Bertz CT molecular complexity index is 782. The van der Waals surface area contributed by atoms with Crippen LogP contribution in [0.5, 0.6) is 0 Å². The van der Waals surface area contributed by atoms with E-state index >= 15 is 0 Å². The number of hydrogen-bond acceptors (Lipinski definition) is 4. The zero-order chi connectivity index (χ0) is 16.8. The Morgan fingerprint density at radius 3 is 2.62 bits per heavy atom. The Labute approximate surface area is 143 Å². The minimum absolute atomic E-state index is 0.919. The van der Waals surface area contributed by atoms with Crippen molar-refractivity contribution in [3.05, 3.63) is 54.9 Å². The van der Waals surface area contributed by atoms with Gasteiger partial charge in [-0.3, -0.25) is 4.98 Å². The predicted octanol–water partition coefficient (Wildman–Crippen LogP) is 4.05. The molecular formula is C20H24N4. The van der Waals surface area contributed by atoms with E-state index in [0.29, 0.717) is 0 Å². The van der Waals surface area contributed by atoms with Crippen molar-refractivity contribution >= 4 is 16.6 Å². The van der Waals surface area contributed by atoms with Crippen LogP contribution < -0.4 is 5.32 Å². The summed E-state index contributed by atoms with van der Waals surface area (Å²) in [5.41, 5.74) is 4.12. The second kappa shape index (κ2) is 7.88. The van der Waals surface area contributed by atoms with Gasteiger partial charge >= 0.3 is 0 Å². The Morgan fingerprint density at radius 1 is 1.04 bits per heavy atom. The molecule has 4 nitrogen and oxygen atoms in total. The minimum atomic E-state index is 0.919. The number of aromatic nitrogens is 2. The van der Waals surface area contributed by atoms with Crippen LogP contribution in [0.15, 0.2) is 54.9 Å². The van der Waals surface area contributed by atoms with E-state index in [1.165, 1.54) is 0 Å². The van der Waals surface area contributed by atoms with Gasteiger partial charge in [0.15, 0.2) is 0 Å². The lowest BCUT2D eigenvalue weighted by molar-refractivity contribution is 0.316. The summed E-state index contributed by atoms with van der Waals surface area (Å²) in [5.74, 6) is 0. The predicted molar refractivity (Wildman–Crippen MR) is 101 cm³/mol. The van der Waals surface area contributed by atoms with Gasteiger partial charge in [-0.25, -0.2) is 4.98 Å². The number of fused-ring (bicyclic) bond motifs is 1. The van der Waals surface area contributed by atoms with Crippen molar-refractivity contribution in [2.75, 3.05) is 31.5 Å². The van der Waals surface area contributed by atoms with Gasteiger partial charge in [0.2, 0.25) is 0 Å². The lowest BCUT2D eigenvalue weighted by Crippen LogP contribution is -2.28. The number of hydrogen-bond donors (Lipinski definition) is 1. The number of para-hydroxylation sites is 1. The topological polar surface area (TPSA) is 41.0 Å². The normalized spacial score (nSPS) is 11.1. The molecule has 0 fully saturated rings. The molecule has 1 aromatic carbocycles.